The van der Waals surface area contributed by atoms with Gasteiger partial charge in [0.15, 0.2) is 0 Å². The first-order valence-corrected chi connectivity index (χ1v) is 8.35. The Labute approximate surface area is 129 Å². The van der Waals surface area contributed by atoms with E-state index in [1.165, 1.54) is 28.7 Å². The third kappa shape index (κ3) is 3.49. The first-order chi connectivity index (χ1) is 10.4. The van der Waals surface area contributed by atoms with E-state index in [4.69, 9.17) is 0 Å². The molecule has 1 aromatic carbocycles. The fourth-order valence-corrected chi connectivity index (χ4v) is 3.44. The molecule has 3 rings (SSSR count). The second kappa shape index (κ2) is 6.83. The summed E-state index contributed by atoms with van der Waals surface area (Å²) in [7, 11) is 0. The lowest BCUT2D eigenvalue weighted by molar-refractivity contribution is 0.500. The molecule has 0 saturated heterocycles. The van der Waals surface area contributed by atoms with Crippen LogP contribution in [0.5, 0.6) is 0 Å². The predicted molar refractivity (Wildman–Crippen MR) is 90.6 cm³/mol. The second-order valence-corrected chi connectivity index (χ2v) is 6.25. The molecule has 108 valence electrons. The Morgan fingerprint density at radius 1 is 1.19 bits per heavy atom. The summed E-state index contributed by atoms with van der Waals surface area (Å²) in [6, 6.07) is 15.4. The van der Waals surface area contributed by atoms with Gasteiger partial charge in [0, 0.05) is 29.0 Å². The van der Waals surface area contributed by atoms with Gasteiger partial charge in [-0.1, -0.05) is 31.5 Å². The number of fused-ring (bicyclic) bond motifs is 1. The maximum Gasteiger partial charge on any atom is 0.0702 e. The van der Waals surface area contributed by atoms with Crippen molar-refractivity contribution in [3.8, 4) is 0 Å². The zero-order valence-electron chi connectivity index (χ0n) is 12.3. The van der Waals surface area contributed by atoms with Crippen LogP contribution < -0.4 is 5.32 Å². The van der Waals surface area contributed by atoms with Crippen molar-refractivity contribution in [2.24, 2.45) is 0 Å². The van der Waals surface area contributed by atoms with Crippen LogP contribution in [0.4, 0.5) is 0 Å². The molecule has 1 unspecified atom stereocenters. The number of rotatable bonds is 6. The summed E-state index contributed by atoms with van der Waals surface area (Å²) >= 11 is 1.84. The smallest absolute Gasteiger partial charge is 0.0702 e. The minimum atomic E-state index is 0.458. The Morgan fingerprint density at radius 3 is 2.95 bits per heavy atom. The van der Waals surface area contributed by atoms with Crippen LogP contribution in [-0.2, 0) is 6.54 Å². The van der Waals surface area contributed by atoms with E-state index in [2.05, 4.69) is 59.0 Å². The topological polar surface area (TPSA) is 24.9 Å². The molecule has 0 radical (unpaired) electrons. The number of aromatic nitrogens is 1. The lowest BCUT2D eigenvalue weighted by Crippen LogP contribution is -2.19. The maximum atomic E-state index is 4.37. The minimum Gasteiger partial charge on any atom is -0.305 e. The molecule has 0 aliphatic carbocycles. The monoisotopic (exact) mass is 296 g/mol. The van der Waals surface area contributed by atoms with E-state index in [1.54, 1.807) is 0 Å². The molecule has 0 saturated carbocycles. The van der Waals surface area contributed by atoms with Crippen LogP contribution in [0.2, 0.25) is 0 Å². The van der Waals surface area contributed by atoms with Gasteiger partial charge in [-0.05, 0) is 41.6 Å². The van der Waals surface area contributed by atoms with Gasteiger partial charge in [-0.25, -0.2) is 0 Å². The molecule has 2 heterocycles. The van der Waals surface area contributed by atoms with Gasteiger partial charge in [-0.2, -0.15) is 0 Å². The largest absolute Gasteiger partial charge is 0.305 e. The van der Waals surface area contributed by atoms with E-state index in [9.17, 15) is 0 Å². The van der Waals surface area contributed by atoms with Gasteiger partial charge in [0.1, 0.15) is 0 Å². The quantitative estimate of drug-likeness (QED) is 0.698. The van der Waals surface area contributed by atoms with E-state index >= 15 is 0 Å². The highest BCUT2D eigenvalue weighted by Crippen LogP contribution is 2.24. The zero-order chi connectivity index (χ0) is 14.5. The fraction of sp³-hybridized carbons (Fsp3) is 0.278. The molecule has 0 aliphatic heterocycles. The molecular weight excluding hydrogens is 276 g/mol. The molecule has 21 heavy (non-hydrogen) atoms. The molecule has 0 aliphatic rings. The summed E-state index contributed by atoms with van der Waals surface area (Å²) in [5.74, 6) is 0. The molecule has 2 aromatic heterocycles. The van der Waals surface area contributed by atoms with Crippen molar-refractivity contribution in [3.63, 3.8) is 0 Å². The van der Waals surface area contributed by atoms with Crippen LogP contribution in [0.25, 0.3) is 10.9 Å². The first kappa shape index (κ1) is 14.2. The molecule has 1 atom stereocenters. The van der Waals surface area contributed by atoms with Crippen molar-refractivity contribution in [2.75, 3.05) is 0 Å². The normalized spacial score (nSPS) is 12.6. The van der Waals surface area contributed by atoms with Gasteiger partial charge in [0.05, 0.1) is 5.52 Å². The van der Waals surface area contributed by atoms with Gasteiger partial charge in [0.2, 0.25) is 0 Å². The lowest BCUT2D eigenvalue weighted by Gasteiger charge is -2.17. The van der Waals surface area contributed by atoms with Crippen LogP contribution in [0.1, 0.15) is 36.2 Å². The van der Waals surface area contributed by atoms with E-state index in [1.807, 2.05) is 23.6 Å². The Bertz CT molecular complexity index is 691. The molecule has 0 amide bonds. The van der Waals surface area contributed by atoms with Crippen LogP contribution in [0, 0.1) is 0 Å². The highest BCUT2D eigenvalue weighted by molar-refractivity contribution is 7.10. The van der Waals surface area contributed by atoms with Crippen molar-refractivity contribution in [3.05, 3.63) is 64.5 Å². The average molecular weight is 296 g/mol. The predicted octanol–water partition coefficient (Wildman–Crippen LogP) is 4.93. The highest BCUT2D eigenvalue weighted by atomic mass is 32.1. The van der Waals surface area contributed by atoms with Gasteiger partial charge >= 0.3 is 0 Å². The fourth-order valence-electron chi connectivity index (χ4n) is 2.60. The lowest BCUT2D eigenvalue weighted by atomic mass is 10.1. The van der Waals surface area contributed by atoms with Crippen molar-refractivity contribution < 1.29 is 0 Å². The van der Waals surface area contributed by atoms with E-state index in [0.29, 0.717) is 6.04 Å². The Kier molecular flexibility index (Phi) is 4.63. The molecular formula is C18H20N2S. The number of benzene rings is 1. The summed E-state index contributed by atoms with van der Waals surface area (Å²) in [6.45, 7) is 3.14. The van der Waals surface area contributed by atoms with Gasteiger partial charge in [-0.3, -0.25) is 4.98 Å². The van der Waals surface area contributed by atoms with Crippen molar-refractivity contribution in [2.45, 2.75) is 32.4 Å². The summed E-state index contributed by atoms with van der Waals surface area (Å²) in [6.07, 6.45) is 4.21. The van der Waals surface area contributed by atoms with Crippen molar-refractivity contribution >= 4 is 22.2 Å². The molecule has 0 bridgehead atoms. The van der Waals surface area contributed by atoms with Crippen LogP contribution in [0.3, 0.4) is 0 Å². The molecule has 0 spiro atoms. The molecule has 3 aromatic rings. The summed E-state index contributed by atoms with van der Waals surface area (Å²) in [5.41, 5.74) is 2.37. The number of nitrogens with zero attached hydrogens (tertiary/aromatic N) is 1. The Morgan fingerprint density at radius 2 is 2.14 bits per heavy atom. The summed E-state index contributed by atoms with van der Waals surface area (Å²) in [4.78, 5) is 5.80. The SMILES string of the molecule is CCCC(NCc1ccc2ncccc2c1)c1cccs1. The van der Waals surface area contributed by atoms with Gasteiger partial charge < -0.3 is 5.32 Å². The van der Waals surface area contributed by atoms with Gasteiger partial charge in [0.25, 0.3) is 0 Å². The number of pyridine rings is 1. The summed E-state index contributed by atoms with van der Waals surface area (Å²) < 4.78 is 0. The molecule has 2 nitrogen and oxygen atoms in total. The van der Waals surface area contributed by atoms with Crippen LogP contribution in [0.15, 0.2) is 54.0 Å². The van der Waals surface area contributed by atoms with Crippen LogP contribution >= 0.6 is 11.3 Å². The highest BCUT2D eigenvalue weighted by Gasteiger charge is 2.10. The third-order valence-electron chi connectivity index (χ3n) is 3.68. The van der Waals surface area contributed by atoms with Crippen molar-refractivity contribution in [1.29, 1.82) is 0 Å². The average Bonchev–Trinajstić information content (AvgIpc) is 3.05. The maximum absolute atomic E-state index is 4.37. The van der Waals surface area contributed by atoms with Crippen molar-refractivity contribution in [1.82, 2.24) is 10.3 Å². The Hall–Kier alpha value is -1.71. The number of nitrogens with one attached hydrogen (secondary N) is 1. The number of hydrogen-bond acceptors (Lipinski definition) is 3. The molecule has 3 heteroatoms. The molecule has 0 fully saturated rings. The third-order valence-corrected chi connectivity index (χ3v) is 4.67. The first-order valence-electron chi connectivity index (χ1n) is 7.47. The van der Waals surface area contributed by atoms with Crippen LogP contribution in [-0.4, -0.2) is 4.98 Å². The summed E-state index contributed by atoms with van der Waals surface area (Å²) in [5, 5.41) is 7.06. The second-order valence-electron chi connectivity index (χ2n) is 5.27. The van der Waals surface area contributed by atoms with Gasteiger partial charge in [-0.15, -0.1) is 11.3 Å². The Balaban J connectivity index is 1.72. The van der Waals surface area contributed by atoms with E-state index < -0.39 is 0 Å². The number of hydrogen-bond donors (Lipinski definition) is 1. The van der Waals surface area contributed by atoms with E-state index in [-0.39, 0.29) is 0 Å². The molecule has 1 N–H and O–H groups in total. The minimum absolute atomic E-state index is 0.458. The van der Waals surface area contributed by atoms with E-state index in [0.717, 1.165) is 12.1 Å². The zero-order valence-corrected chi connectivity index (χ0v) is 13.1. The standard InChI is InChI=1S/C18H20N2S/c1-2-5-17(18-7-4-11-21-18)20-13-14-8-9-16-15(12-14)6-3-10-19-16/h3-4,6-12,17,20H,2,5,13H2,1H3. The number of thiophene rings is 1.